The predicted molar refractivity (Wildman–Crippen MR) is 278 cm³/mol. The second kappa shape index (κ2) is 33.8. The third-order valence-corrected chi connectivity index (χ3v) is 14.7. The van der Waals surface area contributed by atoms with Gasteiger partial charge in [-0.25, -0.2) is 14.1 Å². The van der Waals surface area contributed by atoms with E-state index in [0.717, 1.165) is 116 Å². The van der Waals surface area contributed by atoms with Crippen molar-refractivity contribution in [1.82, 2.24) is 19.7 Å². The van der Waals surface area contributed by atoms with Crippen molar-refractivity contribution in [2.24, 2.45) is 16.1 Å². The summed E-state index contributed by atoms with van der Waals surface area (Å²) in [6.07, 6.45) is 14.6. The summed E-state index contributed by atoms with van der Waals surface area (Å²) in [7, 11) is -4.55. The maximum absolute atomic E-state index is 14.9. The van der Waals surface area contributed by atoms with Crippen LogP contribution in [0.5, 0.6) is 5.75 Å². The third-order valence-electron chi connectivity index (χ3n) is 13.1. The Hall–Kier alpha value is -5.93. The van der Waals surface area contributed by atoms with Crippen LogP contribution in [0.4, 0.5) is 5.82 Å². The Kier molecular flexibility index (Phi) is 27.7. The van der Waals surface area contributed by atoms with E-state index in [1.807, 2.05) is 13.8 Å². The van der Waals surface area contributed by atoms with E-state index in [4.69, 9.17) is 44.8 Å². The first-order valence-corrected chi connectivity index (χ1v) is 28.0. The summed E-state index contributed by atoms with van der Waals surface area (Å²) in [5.41, 5.74) is 21.4. The molecule has 1 saturated heterocycles. The van der Waals surface area contributed by atoms with E-state index in [1.54, 1.807) is 36.4 Å². The van der Waals surface area contributed by atoms with Crippen molar-refractivity contribution < 1.29 is 46.9 Å². The molecule has 1 aromatic carbocycles. The normalized spacial score (nSPS) is 18.4. The number of esters is 3. The van der Waals surface area contributed by atoms with Crippen molar-refractivity contribution >= 4 is 37.0 Å². The fourth-order valence-corrected chi connectivity index (χ4v) is 10.2. The van der Waals surface area contributed by atoms with Crippen LogP contribution in [0.25, 0.3) is 26.4 Å². The van der Waals surface area contributed by atoms with Crippen LogP contribution < -0.4 is 15.3 Å². The van der Waals surface area contributed by atoms with Crippen molar-refractivity contribution in [1.29, 1.82) is 5.26 Å². The highest BCUT2D eigenvalue weighted by molar-refractivity contribution is 7.52. The van der Waals surface area contributed by atoms with E-state index in [-0.39, 0.29) is 42.6 Å². The fraction of sp³-hybridized carbons (Fsp3) is 0.686. The first kappa shape index (κ1) is 60.6. The summed E-state index contributed by atoms with van der Waals surface area (Å²) < 4.78 is 52.9. The van der Waals surface area contributed by atoms with Gasteiger partial charge in [0.05, 0.1) is 18.9 Å². The third kappa shape index (κ3) is 20.1. The molecule has 22 nitrogen and oxygen atoms in total. The number of nitriles is 1. The van der Waals surface area contributed by atoms with Crippen LogP contribution in [0.3, 0.4) is 0 Å². The van der Waals surface area contributed by atoms with Crippen LogP contribution in [-0.2, 0) is 48.0 Å². The SMILES string of the molecule is CCC(CC)COC(=O)[C@@H](C)NP(=O)(OC[C@H]1O[C@@](C#N)(c2ccc3c(N)ncnn23)[C@H](OC(=O)CCCCCCCCCCCN=[N+]=[N-])[C@@H]1OC(=O)CCCCCCCCCCCN=[N+]=[N-])Oc1ccccc1. The molecule has 0 spiro atoms. The van der Waals surface area contributed by atoms with E-state index >= 15 is 0 Å². The lowest BCUT2D eigenvalue weighted by molar-refractivity contribution is -0.169. The van der Waals surface area contributed by atoms with Gasteiger partial charge in [0.2, 0.25) is 5.60 Å². The average Bonchev–Trinajstić information content (AvgIpc) is 3.97. The Morgan fingerprint density at radius 2 is 1.38 bits per heavy atom. The maximum atomic E-state index is 14.9. The molecule has 0 bridgehead atoms. The summed E-state index contributed by atoms with van der Waals surface area (Å²) in [5.74, 6) is -1.61. The molecule has 4 rings (SSSR count). The standard InChI is InChI=1S/C51H77N12O10P/c1-4-40(5-2)35-68-50(66)39(3)60-74(67,73-41-27-21-20-22-28-41)69-36-43-47(70-45(64)29-23-16-12-8-6-10-14-18-25-33-57-61-54)48(51(37-52,72-43)44-32-31-42-49(53)56-38-59-63(42)44)71-46(65)30-24-17-13-9-7-11-15-19-26-34-58-62-55/h20-22,27-28,31-32,38-40,43,47-48H,4-19,23-26,29-30,33-36H2,1-3H3,(H,60,67)(H2,53,56,59)/t39-,43-,47-,48-,51+,74?/m1/s1. The van der Waals surface area contributed by atoms with Gasteiger partial charge in [-0.2, -0.15) is 15.4 Å². The molecule has 0 saturated carbocycles. The lowest BCUT2D eigenvalue weighted by atomic mass is 9.92. The first-order valence-electron chi connectivity index (χ1n) is 26.5. The summed E-state index contributed by atoms with van der Waals surface area (Å²) in [6.45, 7) is 5.99. The van der Waals surface area contributed by atoms with E-state index in [1.165, 1.54) is 23.8 Å². The van der Waals surface area contributed by atoms with Gasteiger partial charge in [-0.3, -0.25) is 18.9 Å². The van der Waals surface area contributed by atoms with Crippen LogP contribution in [0, 0.1) is 17.2 Å². The minimum absolute atomic E-state index is 0.00494. The number of para-hydroxylation sites is 1. The molecule has 6 atom stereocenters. The number of fused-ring (bicyclic) bond motifs is 1. The summed E-state index contributed by atoms with van der Waals surface area (Å²) in [4.78, 5) is 50.8. The lowest BCUT2D eigenvalue weighted by Crippen LogP contribution is -2.46. The van der Waals surface area contributed by atoms with E-state index in [2.05, 4.69) is 41.3 Å². The molecule has 3 heterocycles. The van der Waals surface area contributed by atoms with Crippen molar-refractivity contribution in [3.8, 4) is 11.8 Å². The summed E-state index contributed by atoms with van der Waals surface area (Å²) in [5, 5.41) is 25.5. The Balaban J connectivity index is 1.58. The van der Waals surface area contributed by atoms with Gasteiger partial charge >= 0.3 is 25.7 Å². The topological polar surface area (TPSA) is 313 Å². The molecular formula is C51H77N12O10P. The minimum Gasteiger partial charge on any atom is -0.464 e. The Bertz CT molecular complexity index is 2360. The van der Waals surface area contributed by atoms with Gasteiger partial charge in [-0.1, -0.05) is 145 Å². The Morgan fingerprint density at radius 1 is 0.838 bits per heavy atom. The van der Waals surface area contributed by atoms with Crippen LogP contribution in [0.1, 0.15) is 168 Å². The highest BCUT2D eigenvalue weighted by atomic mass is 31.2. The number of nitrogens with one attached hydrogen (secondary N) is 1. The molecular weight excluding hydrogens is 972 g/mol. The number of anilines is 1. The van der Waals surface area contributed by atoms with Crippen LogP contribution >= 0.6 is 7.75 Å². The molecule has 1 aliphatic heterocycles. The van der Waals surface area contributed by atoms with E-state index in [0.29, 0.717) is 31.4 Å². The van der Waals surface area contributed by atoms with Gasteiger partial charge in [-0.05, 0) is 73.9 Å². The molecule has 0 aliphatic carbocycles. The molecule has 23 heteroatoms. The highest BCUT2D eigenvalue weighted by Gasteiger charge is 2.63. The second-order valence-corrected chi connectivity index (χ2v) is 20.4. The zero-order valence-electron chi connectivity index (χ0n) is 43.5. The van der Waals surface area contributed by atoms with Gasteiger partial charge in [0.15, 0.2) is 18.0 Å². The number of carbonyl (C=O) groups excluding carboxylic acids is 3. The number of benzene rings is 1. The maximum Gasteiger partial charge on any atom is 0.459 e. The van der Waals surface area contributed by atoms with Gasteiger partial charge in [0.1, 0.15) is 35.8 Å². The number of nitrogens with two attached hydrogens (primary N) is 1. The number of carbonyl (C=O) groups is 3. The number of nitrogens with zero attached hydrogens (tertiary/aromatic N) is 10. The predicted octanol–water partition coefficient (Wildman–Crippen LogP) is 11.8. The molecule has 406 valence electrons. The van der Waals surface area contributed by atoms with Crippen LogP contribution in [0.2, 0.25) is 0 Å². The first-order chi connectivity index (χ1) is 35.9. The molecule has 1 unspecified atom stereocenters. The molecule has 3 N–H and O–H groups in total. The van der Waals surface area contributed by atoms with Crippen molar-refractivity contribution in [3.05, 3.63) is 75.4 Å². The summed E-state index contributed by atoms with van der Waals surface area (Å²) in [6, 6.07) is 12.3. The molecule has 0 amide bonds. The number of azide groups is 2. The largest absolute Gasteiger partial charge is 0.464 e. The van der Waals surface area contributed by atoms with Gasteiger partial charge in [0.25, 0.3) is 0 Å². The quantitative estimate of drug-likeness (QED) is 0.0102. The molecule has 74 heavy (non-hydrogen) atoms. The average molecular weight is 1050 g/mol. The smallest absolute Gasteiger partial charge is 0.459 e. The van der Waals surface area contributed by atoms with Crippen LogP contribution in [-0.4, -0.2) is 83.2 Å². The number of ether oxygens (including phenoxy) is 4. The second-order valence-electron chi connectivity index (χ2n) is 18.7. The molecule has 3 aromatic rings. The van der Waals surface area contributed by atoms with Gasteiger partial charge in [-0.15, -0.1) is 0 Å². The van der Waals surface area contributed by atoms with Crippen molar-refractivity contribution in [2.45, 2.75) is 192 Å². The van der Waals surface area contributed by atoms with E-state index in [9.17, 15) is 24.2 Å². The number of hydrogen-bond donors (Lipinski definition) is 2. The summed E-state index contributed by atoms with van der Waals surface area (Å²) >= 11 is 0. The Morgan fingerprint density at radius 3 is 1.92 bits per heavy atom. The molecule has 1 aliphatic rings. The van der Waals surface area contributed by atoms with Gasteiger partial charge in [0, 0.05) is 35.8 Å². The molecule has 2 aromatic heterocycles. The Labute approximate surface area is 434 Å². The zero-order valence-corrected chi connectivity index (χ0v) is 44.4. The minimum atomic E-state index is -4.55. The number of unbranched alkanes of at least 4 members (excludes halogenated alkanes) is 16. The number of hydrogen-bond acceptors (Lipinski definition) is 16. The van der Waals surface area contributed by atoms with Gasteiger partial charge < -0.3 is 29.2 Å². The number of rotatable bonds is 39. The lowest BCUT2D eigenvalue weighted by Gasteiger charge is -2.28. The molecule has 1 fully saturated rings. The number of aromatic nitrogens is 3. The monoisotopic (exact) mass is 1050 g/mol. The van der Waals surface area contributed by atoms with Crippen molar-refractivity contribution in [2.75, 3.05) is 32.0 Å². The number of nitrogen functional groups attached to an aromatic ring is 1. The zero-order chi connectivity index (χ0) is 53.4. The van der Waals surface area contributed by atoms with E-state index < -0.39 is 62.2 Å². The van der Waals surface area contributed by atoms with Crippen molar-refractivity contribution in [3.63, 3.8) is 0 Å². The highest BCUT2D eigenvalue weighted by Crippen LogP contribution is 2.49. The fourth-order valence-electron chi connectivity index (χ4n) is 8.70. The van der Waals surface area contributed by atoms with Crippen LogP contribution in [0.15, 0.2) is 59.0 Å². The molecule has 0 radical (unpaired) electrons.